The fraction of sp³-hybridized carbons (Fsp3) is 0.360. The maximum absolute atomic E-state index is 12.7. The summed E-state index contributed by atoms with van der Waals surface area (Å²) in [6.45, 7) is 1.67. The van der Waals surface area contributed by atoms with Crippen LogP contribution in [0.15, 0.2) is 42.5 Å². The van der Waals surface area contributed by atoms with Gasteiger partial charge in [0.2, 0.25) is 11.8 Å². The van der Waals surface area contributed by atoms with Crippen LogP contribution in [0.1, 0.15) is 36.0 Å². The van der Waals surface area contributed by atoms with Crippen LogP contribution in [0.5, 0.6) is 17.2 Å². The summed E-state index contributed by atoms with van der Waals surface area (Å²) >= 11 is 0. The van der Waals surface area contributed by atoms with Crippen molar-refractivity contribution in [3.63, 3.8) is 0 Å². The van der Waals surface area contributed by atoms with Crippen molar-refractivity contribution >= 4 is 17.9 Å². The van der Waals surface area contributed by atoms with Gasteiger partial charge in [0, 0.05) is 25.6 Å². The molecule has 2 aromatic carbocycles. The number of nitrogens with zero attached hydrogens (tertiary/aromatic N) is 1. The number of carbonyl (C=O) groups is 2. The number of nitrogens with one attached hydrogen (secondary N) is 1. The molecule has 0 spiro atoms. The van der Waals surface area contributed by atoms with Crippen molar-refractivity contribution in [1.29, 1.82) is 0 Å². The van der Waals surface area contributed by atoms with Crippen molar-refractivity contribution in [2.24, 2.45) is 0 Å². The Morgan fingerprint density at radius 3 is 2.42 bits per heavy atom. The summed E-state index contributed by atoms with van der Waals surface area (Å²) in [6, 6.07) is 11.4. The first-order valence-corrected chi connectivity index (χ1v) is 10.9. The smallest absolute Gasteiger partial charge is 0.246 e. The van der Waals surface area contributed by atoms with E-state index in [0.29, 0.717) is 44.0 Å². The molecule has 176 valence electrons. The largest absolute Gasteiger partial charge is 0.494 e. The Labute approximate surface area is 193 Å². The van der Waals surface area contributed by atoms with E-state index in [1.165, 1.54) is 5.56 Å². The van der Waals surface area contributed by atoms with Gasteiger partial charge in [0.25, 0.3) is 0 Å². The summed E-state index contributed by atoms with van der Waals surface area (Å²) in [5.41, 5.74) is 4.76. The van der Waals surface area contributed by atoms with Gasteiger partial charge in [0.1, 0.15) is 5.75 Å². The van der Waals surface area contributed by atoms with Gasteiger partial charge in [-0.3, -0.25) is 14.8 Å². The van der Waals surface area contributed by atoms with Crippen LogP contribution in [0.25, 0.3) is 6.08 Å². The van der Waals surface area contributed by atoms with Crippen LogP contribution in [0, 0.1) is 0 Å². The van der Waals surface area contributed by atoms with Crippen molar-refractivity contribution in [3.05, 3.63) is 59.2 Å². The number of hydrogen-bond donors (Lipinski definition) is 2. The number of ether oxygens (including phenoxy) is 3. The number of fused-ring (bicyclic) bond motifs is 1. The monoisotopic (exact) mass is 454 g/mol. The molecule has 2 aromatic rings. The first-order valence-electron chi connectivity index (χ1n) is 10.9. The highest BCUT2D eigenvalue weighted by molar-refractivity contribution is 5.92. The van der Waals surface area contributed by atoms with E-state index >= 15 is 0 Å². The third kappa shape index (κ3) is 6.73. The van der Waals surface area contributed by atoms with E-state index in [2.05, 4.69) is 0 Å². The summed E-state index contributed by atoms with van der Waals surface area (Å²) in [5.74, 6) is 1.66. The van der Waals surface area contributed by atoms with Crippen LogP contribution in [-0.2, 0) is 22.6 Å². The van der Waals surface area contributed by atoms with Crippen LogP contribution in [0.3, 0.4) is 0 Å². The molecule has 2 amide bonds. The zero-order valence-electron chi connectivity index (χ0n) is 19.0. The molecule has 0 atom stereocenters. The van der Waals surface area contributed by atoms with E-state index < -0.39 is 5.91 Å². The van der Waals surface area contributed by atoms with Gasteiger partial charge < -0.3 is 19.1 Å². The van der Waals surface area contributed by atoms with Crippen molar-refractivity contribution in [3.8, 4) is 17.2 Å². The molecule has 1 heterocycles. The van der Waals surface area contributed by atoms with Gasteiger partial charge in [0.15, 0.2) is 11.5 Å². The predicted molar refractivity (Wildman–Crippen MR) is 123 cm³/mol. The van der Waals surface area contributed by atoms with Crippen LogP contribution < -0.4 is 19.7 Å². The zero-order chi connectivity index (χ0) is 23.6. The molecule has 2 N–H and O–H groups in total. The average molecular weight is 455 g/mol. The first kappa shape index (κ1) is 24.1. The molecule has 0 saturated carbocycles. The van der Waals surface area contributed by atoms with Crippen LogP contribution in [0.4, 0.5) is 0 Å². The molecule has 1 aliphatic heterocycles. The van der Waals surface area contributed by atoms with Gasteiger partial charge in [0.05, 0.1) is 20.8 Å². The summed E-state index contributed by atoms with van der Waals surface area (Å²) in [5, 5.41) is 8.45. The lowest BCUT2D eigenvalue weighted by Gasteiger charge is -2.28. The second kappa shape index (κ2) is 11.9. The number of hydrogen-bond acceptors (Lipinski definition) is 6. The Hall–Kier alpha value is -3.52. The van der Waals surface area contributed by atoms with E-state index in [1.54, 1.807) is 31.9 Å². The van der Waals surface area contributed by atoms with Gasteiger partial charge in [-0.2, -0.15) is 0 Å². The Morgan fingerprint density at radius 2 is 1.76 bits per heavy atom. The number of unbranched alkanes of at least 4 members (excludes halogenated alkanes) is 1. The molecular formula is C25H30N2O6. The second-order valence-electron chi connectivity index (χ2n) is 7.73. The quantitative estimate of drug-likeness (QED) is 0.247. The molecule has 0 aromatic heterocycles. The lowest BCUT2D eigenvalue weighted by Crippen LogP contribution is -2.34. The summed E-state index contributed by atoms with van der Waals surface area (Å²) in [6.07, 6.45) is 5.77. The minimum atomic E-state index is -0.394. The molecule has 0 radical (unpaired) electrons. The molecule has 0 unspecified atom stereocenters. The Kier molecular flexibility index (Phi) is 8.71. The molecule has 8 heteroatoms. The van der Waals surface area contributed by atoms with E-state index in [4.69, 9.17) is 19.4 Å². The highest BCUT2D eigenvalue weighted by Crippen LogP contribution is 2.33. The number of amides is 2. The topological polar surface area (TPSA) is 97.3 Å². The van der Waals surface area contributed by atoms with E-state index in [0.717, 1.165) is 23.3 Å². The minimum Gasteiger partial charge on any atom is -0.494 e. The standard InChI is InChI=1S/C25H30N2O6/c1-31-22-15-19-12-13-27(17-20(19)16-23(22)32-2)25(29)11-8-18-6-9-21(10-7-18)33-14-4-3-5-24(28)26-30/h6-11,15-16,30H,3-5,12-14,17H2,1-2H3,(H,26,28). The van der Waals surface area contributed by atoms with Crippen molar-refractivity contribution in [2.45, 2.75) is 32.2 Å². The van der Waals surface area contributed by atoms with Gasteiger partial charge >= 0.3 is 0 Å². The predicted octanol–water partition coefficient (Wildman–Crippen LogP) is 3.36. The molecule has 33 heavy (non-hydrogen) atoms. The molecule has 8 nitrogen and oxygen atoms in total. The molecule has 0 bridgehead atoms. The van der Waals surface area contributed by atoms with Gasteiger partial charge in [-0.25, -0.2) is 5.48 Å². The zero-order valence-corrected chi connectivity index (χ0v) is 19.0. The van der Waals surface area contributed by atoms with E-state index in [1.807, 2.05) is 41.3 Å². The minimum absolute atomic E-state index is 0.0392. The molecule has 0 fully saturated rings. The number of hydroxylamine groups is 1. The Morgan fingerprint density at radius 1 is 1.06 bits per heavy atom. The lowest BCUT2D eigenvalue weighted by atomic mass is 9.98. The summed E-state index contributed by atoms with van der Waals surface area (Å²) in [7, 11) is 3.22. The molecular weight excluding hydrogens is 424 g/mol. The highest BCUT2D eigenvalue weighted by atomic mass is 16.5. The number of carbonyl (C=O) groups excluding carboxylic acids is 2. The normalized spacial score (nSPS) is 12.9. The summed E-state index contributed by atoms with van der Waals surface area (Å²) in [4.78, 5) is 25.5. The molecule has 3 rings (SSSR count). The fourth-order valence-corrected chi connectivity index (χ4v) is 3.65. The number of methoxy groups -OCH3 is 2. The van der Waals surface area contributed by atoms with E-state index in [9.17, 15) is 9.59 Å². The van der Waals surface area contributed by atoms with Crippen molar-refractivity contribution in [1.82, 2.24) is 10.4 Å². The molecule has 0 saturated heterocycles. The highest BCUT2D eigenvalue weighted by Gasteiger charge is 2.21. The number of rotatable bonds is 10. The van der Waals surface area contributed by atoms with Crippen LogP contribution >= 0.6 is 0 Å². The van der Waals surface area contributed by atoms with Gasteiger partial charge in [-0.05, 0) is 66.3 Å². The van der Waals surface area contributed by atoms with Crippen molar-refractivity contribution in [2.75, 3.05) is 27.4 Å². The SMILES string of the molecule is COc1cc2c(cc1OC)CN(C(=O)C=Cc1ccc(OCCCCC(=O)NO)cc1)CC2. The number of benzene rings is 2. The Bertz CT molecular complexity index is 987. The fourth-order valence-electron chi connectivity index (χ4n) is 3.65. The lowest BCUT2D eigenvalue weighted by molar-refractivity contribution is -0.129. The van der Waals surface area contributed by atoms with Crippen LogP contribution in [-0.4, -0.2) is 49.3 Å². The second-order valence-corrected chi connectivity index (χ2v) is 7.73. The first-order chi connectivity index (χ1) is 16.0. The third-order valence-corrected chi connectivity index (χ3v) is 5.52. The third-order valence-electron chi connectivity index (χ3n) is 5.52. The molecule has 0 aliphatic carbocycles. The molecule has 1 aliphatic rings. The Balaban J connectivity index is 1.50. The van der Waals surface area contributed by atoms with E-state index in [-0.39, 0.29) is 12.3 Å². The average Bonchev–Trinajstić information content (AvgIpc) is 2.86. The maximum Gasteiger partial charge on any atom is 0.246 e. The van der Waals surface area contributed by atoms with Gasteiger partial charge in [-0.15, -0.1) is 0 Å². The van der Waals surface area contributed by atoms with Crippen molar-refractivity contribution < 1.29 is 29.0 Å². The van der Waals surface area contributed by atoms with Crippen LogP contribution in [0.2, 0.25) is 0 Å². The summed E-state index contributed by atoms with van der Waals surface area (Å²) < 4.78 is 16.4. The van der Waals surface area contributed by atoms with Gasteiger partial charge in [-0.1, -0.05) is 12.1 Å². The maximum atomic E-state index is 12.7.